The monoisotopic (exact) mass is 817 g/mol. The molecule has 0 radical (unpaired) electrons. The zero-order chi connectivity index (χ0) is 40.4. The maximum absolute atomic E-state index is 13.3. The number of hydrogen-bond donors (Lipinski definition) is 3. The van der Waals surface area contributed by atoms with Crippen molar-refractivity contribution < 1.29 is 28.8 Å². The number of unbranched alkanes of at least 4 members (excludes halogenated alkanes) is 5. The Kier molecular flexibility index (Phi) is 12.0. The van der Waals surface area contributed by atoms with Crippen molar-refractivity contribution in [1.29, 1.82) is 0 Å². The number of likely N-dealkylation sites (tertiary alicyclic amines) is 2. The number of aryl methyl sites for hydroxylation is 2. The van der Waals surface area contributed by atoms with Gasteiger partial charge in [0.05, 0.1) is 24.1 Å². The minimum absolute atomic E-state index is 0.0111. The number of carbonyl (C=O) groups excluding carboxylic acids is 6. The second kappa shape index (κ2) is 17.0. The fraction of sp³-hybridized carbons (Fsp3) is 0.525. The highest BCUT2D eigenvalue weighted by Crippen LogP contribution is 2.43. The molecule has 3 saturated heterocycles. The van der Waals surface area contributed by atoms with E-state index in [0.29, 0.717) is 23.9 Å². The lowest BCUT2D eigenvalue weighted by Gasteiger charge is -2.45. The molecule has 0 aliphatic carbocycles. The number of thiophene rings is 1. The van der Waals surface area contributed by atoms with Crippen LogP contribution in [0.4, 0.5) is 0 Å². The van der Waals surface area contributed by atoms with Crippen molar-refractivity contribution in [2.45, 2.75) is 97.1 Å². The molecule has 2 aromatic heterocycles. The van der Waals surface area contributed by atoms with Gasteiger partial charge in [0.1, 0.15) is 22.9 Å². The Morgan fingerprint density at radius 3 is 2.28 bits per heavy atom. The van der Waals surface area contributed by atoms with Gasteiger partial charge in [0.25, 0.3) is 0 Å². The predicted molar refractivity (Wildman–Crippen MR) is 213 cm³/mol. The van der Waals surface area contributed by atoms with Crippen molar-refractivity contribution in [3.05, 3.63) is 62.5 Å². The first kappa shape index (κ1) is 40.4. The Balaban J connectivity index is 0.788. The molecule has 4 aliphatic heterocycles. The highest BCUT2D eigenvalue weighted by Gasteiger charge is 2.60. The van der Waals surface area contributed by atoms with Gasteiger partial charge in [-0.25, -0.2) is 0 Å². The summed E-state index contributed by atoms with van der Waals surface area (Å²) >= 11 is 7.90. The van der Waals surface area contributed by atoms with Gasteiger partial charge in [-0.3, -0.25) is 53.4 Å². The minimum atomic E-state index is -0.950. The number of halogens is 1. The van der Waals surface area contributed by atoms with Crippen LogP contribution < -0.4 is 16.0 Å². The summed E-state index contributed by atoms with van der Waals surface area (Å²) in [5, 5.41) is 18.7. The number of hydrogen-bond acceptors (Lipinski definition) is 11. The van der Waals surface area contributed by atoms with E-state index in [9.17, 15) is 28.8 Å². The predicted octanol–water partition coefficient (Wildman–Crippen LogP) is 3.63. The molecule has 3 aromatic rings. The van der Waals surface area contributed by atoms with Gasteiger partial charge in [-0.1, -0.05) is 49.4 Å². The lowest BCUT2D eigenvalue weighted by atomic mass is 9.78. The van der Waals surface area contributed by atoms with Crippen LogP contribution in [-0.2, 0) is 28.8 Å². The van der Waals surface area contributed by atoms with E-state index in [0.717, 1.165) is 76.7 Å². The number of carbonyl (C=O) groups is 6. The van der Waals surface area contributed by atoms with Crippen molar-refractivity contribution in [3.63, 3.8) is 0 Å². The first-order chi connectivity index (χ1) is 27.3. The number of aliphatic imine (C=N–C) groups is 1. The first-order valence-corrected chi connectivity index (χ1v) is 20.9. The third kappa shape index (κ3) is 8.44. The SMILES string of the molecule is Cc1sc2c(c1C)C(c1ccc(Cl)cc1)=N[C@@H](CC(=O)NCCCCCCCCNC(=O)CN1CC3(CC(=O)N(C4CCC(=O)NC4=O)C3=O)C1)c1nnc(C)n1-2. The highest BCUT2D eigenvalue weighted by atomic mass is 35.5. The second-order valence-corrected chi connectivity index (χ2v) is 17.2. The molecule has 7 rings (SSSR count). The van der Waals surface area contributed by atoms with Gasteiger partial charge in [-0.15, -0.1) is 21.5 Å². The number of piperidine rings is 1. The van der Waals surface area contributed by atoms with Gasteiger partial charge in [-0.05, 0) is 57.7 Å². The maximum Gasteiger partial charge on any atom is 0.249 e. The Morgan fingerprint density at radius 2 is 1.60 bits per heavy atom. The van der Waals surface area contributed by atoms with Crippen molar-refractivity contribution in [2.24, 2.45) is 10.4 Å². The summed E-state index contributed by atoms with van der Waals surface area (Å²) in [7, 11) is 0. The van der Waals surface area contributed by atoms with Crippen LogP contribution in [0.25, 0.3) is 5.00 Å². The molecule has 6 amide bonds. The number of amides is 6. The Hall–Kier alpha value is -4.80. The summed E-state index contributed by atoms with van der Waals surface area (Å²) in [5.74, 6) is -0.637. The summed E-state index contributed by atoms with van der Waals surface area (Å²) in [5.41, 5.74) is 3.01. The first-order valence-electron chi connectivity index (χ1n) is 19.7. The average Bonchev–Trinajstić information content (AvgIpc) is 3.73. The quantitative estimate of drug-likeness (QED) is 0.152. The van der Waals surface area contributed by atoms with E-state index < -0.39 is 35.2 Å². The van der Waals surface area contributed by atoms with Gasteiger partial charge >= 0.3 is 0 Å². The van der Waals surface area contributed by atoms with Crippen molar-refractivity contribution in [3.8, 4) is 5.00 Å². The van der Waals surface area contributed by atoms with Crippen LogP contribution in [-0.4, -0.2) is 104 Å². The van der Waals surface area contributed by atoms with Gasteiger partial charge in [-0.2, -0.15) is 0 Å². The normalized spacial score (nSPS) is 20.1. The smallest absolute Gasteiger partial charge is 0.249 e. The molecular weight excluding hydrogens is 770 g/mol. The zero-order valence-electron chi connectivity index (χ0n) is 32.5. The molecule has 2 atom stereocenters. The largest absolute Gasteiger partial charge is 0.356 e. The number of rotatable bonds is 15. The van der Waals surface area contributed by atoms with E-state index in [1.54, 1.807) is 11.3 Å². The standard InChI is InChI=1S/C40H48ClN9O6S/c1-23-24(2)57-38-34(23)35(26-10-12-27(41)13-11-26)44-28(36-47-46-25(3)49(36)38)18-31(52)42-16-8-6-4-5-7-9-17-43-32(53)20-48-21-40(22-48)19-33(54)50(39(40)56)29-14-15-30(51)45-37(29)55/h10-13,28-29H,4-9,14-22H2,1-3H3,(H,42,52)(H,43,53)(H,45,51,55)/t28-,29?/m0/s1. The molecule has 1 spiro atoms. The van der Waals surface area contributed by atoms with Crippen LogP contribution in [0.2, 0.25) is 5.02 Å². The summed E-state index contributed by atoms with van der Waals surface area (Å²) in [6, 6.07) is 6.16. The van der Waals surface area contributed by atoms with Gasteiger partial charge in [0.2, 0.25) is 35.4 Å². The van der Waals surface area contributed by atoms with Crippen LogP contribution in [0.5, 0.6) is 0 Å². The van der Waals surface area contributed by atoms with Crippen LogP contribution >= 0.6 is 22.9 Å². The molecule has 57 heavy (non-hydrogen) atoms. The van der Waals surface area contributed by atoms with E-state index in [-0.39, 0.29) is 63.0 Å². The van der Waals surface area contributed by atoms with Gasteiger partial charge < -0.3 is 10.6 Å². The Bertz CT molecular complexity index is 2120. The van der Waals surface area contributed by atoms with E-state index in [1.165, 1.54) is 4.88 Å². The van der Waals surface area contributed by atoms with E-state index in [1.807, 2.05) is 40.7 Å². The molecule has 17 heteroatoms. The minimum Gasteiger partial charge on any atom is -0.356 e. The molecule has 15 nitrogen and oxygen atoms in total. The molecule has 302 valence electrons. The van der Waals surface area contributed by atoms with Crippen molar-refractivity contribution in [2.75, 3.05) is 32.7 Å². The van der Waals surface area contributed by atoms with Crippen LogP contribution in [0.3, 0.4) is 0 Å². The lowest BCUT2D eigenvalue weighted by molar-refractivity contribution is -0.156. The summed E-state index contributed by atoms with van der Waals surface area (Å²) in [6.45, 7) is 7.95. The molecule has 0 bridgehead atoms. The number of nitrogens with one attached hydrogen (secondary N) is 3. The third-order valence-electron chi connectivity index (χ3n) is 11.4. The van der Waals surface area contributed by atoms with E-state index in [4.69, 9.17) is 16.6 Å². The van der Waals surface area contributed by atoms with Gasteiger partial charge in [0.15, 0.2) is 5.82 Å². The number of aromatic nitrogens is 3. The van der Waals surface area contributed by atoms with Crippen LogP contribution in [0, 0.1) is 26.2 Å². The molecule has 3 N–H and O–H groups in total. The molecular formula is C40H48ClN9O6S. The van der Waals surface area contributed by atoms with Crippen LogP contribution in [0.15, 0.2) is 29.3 Å². The maximum atomic E-state index is 13.3. The number of fused-ring (bicyclic) bond motifs is 3. The van der Waals surface area contributed by atoms with E-state index in [2.05, 4.69) is 40.0 Å². The van der Waals surface area contributed by atoms with Crippen molar-refractivity contribution in [1.82, 2.24) is 40.5 Å². The average molecular weight is 818 g/mol. The molecule has 4 aliphatic rings. The molecule has 1 unspecified atom stereocenters. The van der Waals surface area contributed by atoms with Crippen LogP contribution in [0.1, 0.15) is 103 Å². The zero-order valence-corrected chi connectivity index (χ0v) is 34.1. The number of benzene rings is 1. The lowest BCUT2D eigenvalue weighted by Crippen LogP contribution is -2.63. The van der Waals surface area contributed by atoms with E-state index >= 15 is 0 Å². The molecule has 6 heterocycles. The molecule has 0 saturated carbocycles. The number of imide groups is 2. The summed E-state index contributed by atoms with van der Waals surface area (Å²) < 4.78 is 2.04. The molecule has 3 fully saturated rings. The third-order valence-corrected chi connectivity index (χ3v) is 12.8. The second-order valence-electron chi connectivity index (χ2n) is 15.6. The summed E-state index contributed by atoms with van der Waals surface area (Å²) in [4.78, 5) is 84.7. The topological polar surface area (TPSA) is 188 Å². The summed E-state index contributed by atoms with van der Waals surface area (Å²) in [6.07, 6.45) is 6.05. The fourth-order valence-corrected chi connectivity index (χ4v) is 9.62. The Morgan fingerprint density at radius 1 is 0.930 bits per heavy atom. The fourth-order valence-electron chi connectivity index (χ4n) is 8.28. The highest BCUT2D eigenvalue weighted by molar-refractivity contribution is 7.15. The van der Waals surface area contributed by atoms with Crippen molar-refractivity contribution >= 4 is 64.1 Å². The Labute approximate surface area is 340 Å². The molecule has 1 aromatic carbocycles. The number of nitrogens with zero attached hydrogens (tertiary/aromatic N) is 6. The van der Waals surface area contributed by atoms with Gasteiger partial charge in [0, 0.05) is 60.0 Å².